The average Bonchev–Trinajstić information content (AvgIpc) is 3.36. The van der Waals surface area contributed by atoms with E-state index in [2.05, 4.69) is 0 Å². The molecule has 1 fully saturated rings. The molecule has 2 aliphatic heterocycles. The number of aliphatic hydroxyl groups excluding tert-OH is 1. The maximum Gasteiger partial charge on any atom is 0.295 e. The molecular formula is C28H33NO7. The fourth-order valence-corrected chi connectivity index (χ4v) is 4.80. The van der Waals surface area contributed by atoms with Gasteiger partial charge in [0.15, 0.2) is 11.5 Å². The normalized spacial score (nSPS) is 20.4. The lowest BCUT2D eigenvalue weighted by molar-refractivity contribution is -0.140. The topological polar surface area (TPSA) is 94.5 Å². The molecule has 192 valence electrons. The Morgan fingerprint density at radius 2 is 1.83 bits per heavy atom. The van der Waals surface area contributed by atoms with E-state index in [-0.39, 0.29) is 17.4 Å². The van der Waals surface area contributed by atoms with Gasteiger partial charge in [0.2, 0.25) is 0 Å². The van der Waals surface area contributed by atoms with Crippen LogP contribution in [0.2, 0.25) is 0 Å². The van der Waals surface area contributed by atoms with Crippen LogP contribution in [-0.4, -0.2) is 61.3 Å². The molecule has 2 heterocycles. The van der Waals surface area contributed by atoms with Gasteiger partial charge in [-0.25, -0.2) is 0 Å². The molecule has 4 rings (SSSR count). The molecule has 2 aliphatic rings. The second kappa shape index (κ2) is 11.0. The summed E-state index contributed by atoms with van der Waals surface area (Å²) in [5.74, 6) is 0.287. The quantitative estimate of drug-likeness (QED) is 0.228. The maximum atomic E-state index is 13.3. The van der Waals surface area contributed by atoms with Crippen molar-refractivity contribution in [1.29, 1.82) is 0 Å². The van der Waals surface area contributed by atoms with Crippen LogP contribution in [0.15, 0.2) is 42.0 Å². The summed E-state index contributed by atoms with van der Waals surface area (Å²) in [7, 11) is 1.59. The molecule has 0 bridgehead atoms. The van der Waals surface area contributed by atoms with Gasteiger partial charge in [0.1, 0.15) is 17.6 Å². The van der Waals surface area contributed by atoms with Crippen LogP contribution >= 0.6 is 0 Å². The fourth-order valence-electron chi connectivity index (χ4n) is 4.80. The first kappa shape index (κ1) is 25.6. The number of ketones is 1. The Morgan fingerprint density at radius 1 is 1.08 bits per heavy atom. The number of aliphatic hydroxyl groups is 1. The van der Waals surface area contributed by atoms with Crippen LogP contribution in [0.5, 0.6) is 17.2 Å². The number of amides is 1. The van der Waals surface area contributed by atoms with Crippen molar-refractivity contribution in [2.24, 2.45) is 0 Å². The van der Waals surface area contributed by atoms with E-state index in [4.69, 9.17) is 18.9 Å². The first-order valence-electron chi connectivity index (χ1n) is 12.4. The monoisotopic (exact) mass is 495 g/mol. The van der Waals surface area contributed by atoms with Crippen LogP contribution in [-0.2, 0) is 20.7 Å². The minimum Gasteiger partial charge on any atom is -0.507 e. The van der Waals surface area contributed by atoms with Gasteiger partial charge in [-0.05, 0) is 68.7 Å². The molecule has 8 heteroatoms. The van der Waals surface area contributed by atoms with E-state index >= 15 is 0 Å². The highest BCUT2D eigenvalue weighted by Gasteiger charge is 2.46. The minimum absolute atomic E-state index is 0.0459. The number of nitrogens with zero attached hydrogens (tertiary/aromatic N) is 1. The molecule has 2 atom stereocenters. The molecule has 8 nitrogen and oxygen atoms in total. The van der Waals surface area contributed by atoms with Crippen molar-refractivity contribution in [1.82, 2.24) is 4.90 Å². The van der Waals surface area contributed by atoms with Crippen LogP contribution in [0.1, 0.15) is 49.9 Å². The number of hydrogen-bond acceptors (Lipinski definition) is 7. The molecule has 1 N–H and O–H groups in total. The van der Waals surface area contributed by atoms with Crippen molar-refractivity contribution < 1.29 is 33.6 Å². The zero-order valence-corrected chi connectivity index (χ0v) is 21.2. The second-order valence-corrected chi connectivity index (χ2v) is 8.87. The molecule has 0 spiro atoms. The Morgan fingerprint density at radius 3 is 2.56 bits per heavy atom. The first-order chi connectivity index (χ1) is 17.4. The van der Waals surface area contributed by atoms with E-state index in [1.165, 1.54) is 4.90 Å². The summed E-state index contributed by atoms with van der Waals surface area (Å²) in [6.07, 6.45) is 1.30. The summed E-state index contributed by atoms with van der Waals surface area (Å²) < 4.78 is 22.4. The third-order valence-corrected chi connectivity index (χ3v) is 6.34. The van der Waals surface area contributed by atoms with E-state index in [1.807, 2.05) is 26.8 Å². The summed E-state index contributed by atoms with van der Waals surface area (Å²) in [6.45, 7) is 7.36. The summed E-state index contributed by atoms with van der Waals surface area (Å²) in [6, 6.07) is 9.91. The van der Waals surface area contributed by atoms with Crippen molar-refractivity contribution in [3.8, 4) is 17.2 Å². The van der Waals surface area contributed by atoms with Gasteiger partial charge >= 0.3 is 0 Å². The van der Waals surface area contributed by atoms with Gasteiger partial charge < -0.3 is 29.0 Å². The number of likely N-dealkylation sites (tertiary alicyclic amines) is 1. The van der Waals surface area contributed by atoms with E-state index < -0.39 is 17.7 Å². The van der Waals surface area contributed by atoms with E-state index in [0.29, 0.717) is 61.8 Å². The number of benzene rings is 2. The molecular weight excluding hydrogens is 462 g/mol. The van der Waals surface area contributed by atoms with Gasteiger partial charge in [-0.15, -0.1) is 0 Å². The van der Waals surface area contributed by atoms with Crippen molar-refractivity contribution in [3.63, 3.8) is 0 Å². The fraction of sp³-hybridized carbons (Fsp3) is 0.429. The number of carbonyl (C=O) groups excluding carboxylic acids is 2. The molecule has 36 heavy (non-hydrogen) atoms. The highest BCUT2D eigenvalue weighted by molar-refractivity contribution is 6.46. The standard InChI is InChI=1S/C28H33NO7/c1-5-34-22-11-8-18(16-23(22)35-6-2)25-24(27(31)28(32)29(25)12-7-13-33-4)26(30)19-9-10-21-20(15-19)14-17(3)36-21/h8-11,15-17,25,30H,5-7,12-14H2,1-4H3/b26-24+/t17-,25+/m0/s1. The molecule has 0 aromatic heterocycles. The second-order valence-electron chi connectivity index (χ2n) is 8.87. The highest BCUT2D eigenvalue weighted by Crippen LogP contribution is 2.43. The van der Waals surface area contributed by atoms with Gasteiger partial charge in [-0.1, -0.05) is 6.07 Å². The predicted octanol–water partition coefficient (Wildman–Crippen LogP) is 4.27. The number of fused-ring (bicyclic) bond motifs is 1. The van der Waals surface area contributed by atoms with E-state index in [0.717, 1.165) is 11.3 Å². The van der Waals surface area contributed by atoms with Gasteiger partial charge in [0.25, 0.3) is 11.7 Å². The summed E-state index contributed by atoms with van der Waals surface area (Å²) in [5.41, 5.74) is 2.13. The number of hydrogen-bond donors (Lipinski definition) is 1. The summed E-state index contributed by atoms with van der Waals surface area (Å²) in [5, 5.41) is 11.4. The number of carbonyl (C=O) groups is 2. The molecule has 2 aromatic rings. The lowest BCUT2D eigenvalue weighted by atomic mass is 9.94. The Labute approximate surface area is 211 Å². The Bertz CT molecular complexity index is 1170. The first-order valence-corrected chi connectivity index (χ1v) is 12.4. The summed E-state index contributed by atoms with van der Waals surface area (Å²) in [4.78, 5) is 27.9. The van der Waals surface area contributed by atoms with E-state index in [9.17, 15) is 14.7 Å². The zero-order chi connectivity index (χ0) is 25.8. The van der Waals surface area contributed by atoms with Crippen molar-refractivity contribution in [2.45, 2.75) is 45.8 Å². The van der Waals surface area contributed by atoms with Gasteiger partial charge in [0, 0.05) is 32.2 Å². The SMILES string of the molecule is CCOc1ccc([C@@H]2/C(=C(\O)c3ccc4c(c3)C[C@H](C)O4)C(=O)C(=O)N2CCCOC)cc1OCC. The molecule has 2 aromatic carbocycles. The van der Waals surface area contributed by atoms with Crippen LogP contribution in [0, 0.1) is 0 Å². The highest BCUT2D eigenvalue weighted by atomic mass is 16.5. The smallest absolute Gasteiger partial charge is 0.295 e. The molecule has 0 radical (unpaired) electrons. The maximum absolute atomic E-state index is 13.3. The van der Waals surface area contributed by atoms with Gasteiger partial charge in [-0.3, -0.25) is 9.59 Å². The van der Waals surface area contributed by atoms with Crippen LogP contribution in [0.25, 0.3) is 5.76 Å². The minimum atomic E-state index is -0.778. The van der Waals surface area contributed by atoms with Crippen molar-refractivity contribution in [3.05, 3.63) is 58.7 Å². The lowest BCUT2D eigenvalue weighted by Crippen LogP contribution is -2.31. The lowest BCUT2D eigenvalue weighted by Gasteiger charge is -2.26. The van der Waals surface area contributed by atoms with Crippen molar-refractivity contribution >= 4 is 17.4 Å². The van der Waals surface area contributed by atoms with Gasteiger partial charge in [-0.2, -0.15) is 0 Å². The molecule has 0 unspecified atom stereocenters. The Balaban J connectivity index is 1.82. The van der Waals surface area contributed by atoms with Crippen LogP contribution in [0.4, 0.5) is 0 Å². The molecule has 1 amide bonds. The van der Waals surface area contributed by atoms with Gasteiger partial charge in [0.05, 0.1) is 24.8 Å². The zero-order valence-electron chi connectivity index (χ0n) is 21.2. The number of methoxy groups -OCH3 is 1. The number of rotatable bonds is 10. The Kier molecular flexibility index (Phi) is 7.84. The molecule has 0 aliphatic carbocycles. The number of ether oxygens (including phenoxy) is 4. The summed E-state index contributed by atoms with van der Waals surface area (Å²) >= 11 is 0. The molecule has 1 saturated heterocycles. The van der Waals surface area contributed by atoms with Crippen molar-refractivity contribution in [2.75, 3.05) is 33.5 Å². The largest absolute Gasteiger partial charge is 0.507 e. The third-order valence-electron chi connectivity index (χ3n) is 6.34. The van der Waals surface area contributed by atoms with E-state index in [1.54, 1.807) is 37.4 Å². The Hall–Kier alpha value is -3.52. The van der Waals surface area contributed by atoms with Crippen LogP contribution < -0.4 is 14.2 Å². The molecule has 0 saturated carbocycles. The average molecular weight is 496 g/mol. The predicted molar refractivity (Wildman–Crippen MR) is 135 cm³/mol. The number of Topliss-reactive ketones (excluding diaryl/α,β-unsaturated/α-hetero) is 1. The van der Waals surface area contributed by atoms with Crippen LogP contribution in [0.3, 0.4) is 0 Å². The third kappa shape index (κ3) is 4.91.